The Labute approximate surface area is 337 Å². The van der Waals surface area contributed by atoms with E-state index in [0.29, 0.717) is 5.82 Å². The third-order valence-electron chi connectivity index (χ3n) is 11.5. The van der Waals surface area contributed by atoms with E-state index >= 15 is 0 Å². The number of hydrogen-bond acceptors (Lipinski definition) is 2. The topological polar surface area (TPSA) is 25.8 Å². The van der Waals surface area contributed by atoms with Crippen molar-refractivity contribution < 1.29 is 0 Å². The second-order valence-corrected chi connectivity index (χ2v) is 14.8. The maximum Gasteiger partial charge on any atom is 0.160 e. The molecular weight excluding hydrogens is 701 g/mol. The molecule has 0 aliphatic heterocycles. The van der Waals surface area contributed by atoms with Crippen molar-refractivity contribution in [1.29, 1.82) is 0 Å². The van der Waals surface area contributed by atoms with Gasteiger partial charge in [-0.25, -0.2) is 9.97 Å². The van der Waals surface area contributed by atoms with E-state index in [4.69, 9.17) is 9.97 Å². The third kappa shape index (κ3) is 5.66. The Morgan fingerprint density at radius 3 is 1.43 bits per heavy atom. The van der Waals surface area contributed by atoms with Crippen molar-refractivity contribution in [3.8, 4) is 67.3 Å². The smallest absolute Gasteiger partial charge is 0.160 e. The van der Waals surface area contributed by atoms with Gasteiger partial charge in [0.25, 0.3) is 0 Å². The molecule has 270 valence electrons. The average molecular weight is 737 g/mol. The van der Waals surface area contributed by atoms with Gasteiger partial charge in [-0.05, 0) is 82.5 Å². The SMILES string of the molecule is c1ccc(-c2nc(-c3ccccc3-c3ccccc3)cc(-c3ccc(-c4c5ccccc5c(-c5ccccc5)c5ccc6ccccc6c45)c4ccccc34)n2)cc1. The number of nitrogens with zero attached hydrogens (tertiary/aromatic N) is 2. The van der Waals surface area contributed by atoms with Gasteiger partial charge >= 0.3 is 0 Å². The van der Waals surface area contributed by atoms with Gasteiger partial charge < -0.3 is 0 Å². The molecule has 1 aromatic heterocycles. The first kappa shape index (κ1) is 33.6. The highest BCUT2D eigenvalue weighted by atomic mass is 14.9. The van der Waals surface area contributed by atoms with Crippen LogP contribution in [0.15, 0.2) is 218 Å². The van der Waals surface area contributed by atoms with Gasteiger partial charge in [0.1, 0.15) is 0 Å². The van der Waals surface area contributed by atoms with Crippen LogP contribution in [0.25, 0.3) is 110 Å². The summed E-state index contributed by atoms with van der Waals surface area (Å²) < 4.78 is 0. The lowest BCUT2D eigenvalue weighted by Gasteiger charge is -2.21. The highest BCUT2D eigenvalue weighted by Gasteiger charge is 2.22. The summed E-state index contributed by atoms with van der Waals surface area (Å²) in [6.45, 7) is 0. The van der Waals surface area contributed by atoms with Crippen LogP contribution in [0.1, 0.15) is 0 Å². The van der Waals surface area contributed by atoms with Crippen LogP contribution in [-0.4, -0.2) is 9.97 Å². The molecule has 0 aliphatic carbocycles. The molecular formula is C56H36N2. The van der Waals surface area contributed by atoms with E-state index in [1.807, 2.05) is 6.07 Å². The average Bonchev–Trinajstić information content (AvgIpc) is 3.31. The predicted molar refractivity (Wildman–Crippen MR) is 245 cm³/mol. The number of benzene rings is 10. The summed E-state index contributed by atoms with van der Waals surface area (Å²) in [5.41, 5.74) is 12.1. The number of hydrogen-bond donors (Lipinski definition) is 0. The minimum absolute atomic E-state index is 0.698. The van der Waals surface area contributed by atoms with Gasteiger partial charge in [-0.2, -0.15) is 0 Å². The number of rotatable bonds is 6. The van der Waals surface area contributed by atoms with Gasteiger partial charge in [0.15, 0.2) is 5.82 Å². The summed E-state index contributed by atoms with van der Waals surface area (Å²) in [5.74, 6) is 0.698. The first-order valence-electron chi connectivity index (χ1n) is 19.8. The molecule has 0 atom stereocenters. The summed E-state index contributed by atoms with van der Waals surface area (Å²) in [7, 11) is 0. The van der Waals surface area contributed by atoms with E-state index in [9.17, 15) is 0 Å². The van der Waals surface area contributed by atoms with Crippen molar-refractivity contribution in [2.75, 3.05) is 0 Å². The molecule has 0 radical (unpaired) electrons. The van der Waals surface area contributed by atoms with Gasteiger partial charge in [0, 0.05) is 16.7 Å². The largest absolute Gasteiger partial charge is 0.228 e. The summed E-state index contributed by atoms with van der Waals surface area (Å²) in [6.07, 6.45) is 0. The van der Waals surface area contributed by atoms with Crippen molar-refractivity contribution in [3.05, 3.63) is 218 Å². The molecule has 11 aromatic rings. The van der Waals surface area contributed by atoms with Gasteiger partial charge in [-0.1, -0.05) is 212 Å². The minimum Gasteiger partial charge on any atom is -0.228 e. The van der Waals surface area contributed by atoms with Crippen molar-refractivity contribution in [1.82, 2.24) is 9.97 Å². The molecule has 0 N–H and O–H groups in total. The van der Waals surface area contributed by atoms with Gasteiger partial charge in [-0.3, -0.25) is 0 Å². The van der Waals surface area contributed by atoms with Crippen LogP contribution in [0.4, 0.5) is 0 Å². The maximum absolute atomic E-state index is 5.33. The second-order valence-electron chi connectivity index (χ2n) is 14.8. The molecule has 0 aliphatic rings. The Balaban J connectivity index is 1.20. The molecule has 0 amide bonds. The Bertz CT molecular complexity index is 3320. The zero-order valence-electron chi connectivity index (χ0n) is 31.7. The molecule has 0 fully saturated rings. The van der Waals surface area contributed by atoms with E-state index in [-0.39, 0.29) is 0 Å². The predicted octanol–water partition coefficient (Wildman–Crippen LogP) is 15.1. The van der Waals surface area contributed by atoms with E-state index in [2.05, 4.69) is 212 Å². The highest BCUT2D eigenvalue weighted by molar-refractivity contribution is 6.29. The molecule has 11 rings (SSSR count). The van der Waals surface area contributed by atoms with E-state index in [0.717, 1.165) is 44.6 Å². The Morgan fingerprint density at radius 2 is 0.741 bits per heavy atom. The van der Waals surface area contributed by atoms with Crippen LogP contribution < -0.4 is 0 Å². The lowest BCUT2D eigenvalue weighted by Crippen LogP contribution is -1.98. The minimum atomic E-state index is 0.698. The molecule has 58 heavy (non-hydrogen) atoms. The molecule has 0 bridgehead atoms. The Kier molecular flexibility index (Phi) is 8.19. The monoisotopic (exact) mass is 736 g/mol. The Morgan fingerprint density at radius 1 is 0.259 bits per heavy atom. The fraction of sp³-hybridized carbons (Fsp3) is 0. The molecule has 0 saturated carbocycles. The van der Waals surface area contributed by atoms with Crippen LogP contribution in [0.5, 0.6) is 0 Å². The van der Waals surface area contributed by atoms with Gasteiger partial charge in [0.2, 0.25) is 0 Å². The van der Waals surface area contributed by atoms with E-state index in [1.54, 1.807) is 0 Å². The number of fused-ring (bicyclic) bond motifs is 5. The van der Waals surface area contributed by atoms with Crippen molar-refractivity contribution in [2.24, 2.45) is 0 Å². The molecule has 0 spiro atoms. The van der Waals surface area contributed by atoms with Crippen molar-refractivity contribution >= 4 is 43.1 Å². The van der Waals surface area contributed by atoms with Crippen LogP contribution in [0.3, 0.4) is 0 Å². The molecule has 0 saturated heterocycles. The lowest BCUT2D eigenvalue weighted by molar-refractivity contribution is 1.19. The van der Waals surface area contributed by atoms with Crippen LogP contribution in [0, 0.1) is 0 Å². The molecule has 1 heterocycles. The second kappa shape index (κ2) is 14.1. The summed E-state index contributed by atoms with van der Waals surface area (Å²) in [6, 6.07) is 78.2. The van der Waals surface area contributed by atoms with E-state index < -0.39 is 0 Å². The first-order chi connectivity index (χ1) is 28.8. The van der Waals surface area contributed by atoms with Crippen LogP contribution in [0.2, 0.25) is 0 Å². The third-order valence-corrected chi connectivity index (χ3v) is 11.5. The maximum atomic E-state index is 5.33. The fourth-order valence-electron chi connectivity index (χ4n) is 8.90. The summed E-state index contributed by atoms with van der Waals surface area (Å²) in [5, 5.41) is 9.78. The zero-order chi connectivity index (χ0) is 38.4. The molecule has 2 nitrogen and oxygen atoms in total. The van der Waals surface area contributed by atoms with E-state index in [1.165, 1.54) is 60.0 Å². The van der Waals surface area contributed by atoms with Gasteiger partial charge in [-0.15, -0.1) is 0 Å². The molecule has 10 aromatic carbocycles. The van der Waals surface area contributed by atoms with Crippen LogP contribution >= 0.6 is 0 Å². The molecule has 2 heteroatoms. The highest BCUT2D eigenvalue weighted by Crippen LogP contribution is 2.48. The normalized spacial score (nSPS) is 11.4. The summed E-state index contributed by atoms with van der Waals surface area (Å²) in [4.78, 5) is 10.6. The fourth-order valence-corrected chi connectivity index (χ4v) is 8.90. The van der Waals surface area contributed by atoms with Crippen molar-refractivity contribution in [3.63, 3.8) is 0 Å². The zero-order valence-corrected chi connectivity index (χ0v) is 31.7. The Hall–Kier alpha value is -7.68. The van der Waals surface area contributed by atoms with Gasteiger partial charge in [0.05, 0.1) is 11.4 Å². The standard InChI is InChI=1S/C56H36N2/c1-4-18-37(19-5-1)41-25-12-15-29-45(41)51-36-52(58-56(57-51)40-23-8-3-9-24-40)46-34-35-49(44-28-14-13-27-43(44)46)55-48-31-17-16-30-47(48)53(39-21-6-2-7-22-39)50-33-32-38-20-10-11-26-42(38)54(50)55/h1-36H. The molecule has 0 unspecified atom stereocenters. The van der Waals surface area contributed by atoms with Crippen molar-refractivity contribution in [2.45, 2.75) is 0 Å². The lowest BCUT2D eigenvalue weighted by atomic mass is 9.82. The number of aromatic nitrogens is 2. The quantitative estimate of drug-likeness (QED) is 0.125. The summed E-state index contributed by atoms with van der Waals surface area (Å²) >= 11 is 0. The van der Waals surface area contributed by atoms with Crippen LogP contribution in [-0.2, 0) is 0 Å². The first-order valence-corrected chi connectivity index (χ1v) is 19.8.